The van der Waals surface area contributed by atoms with Gasteiger partial charge in [-0.2, -0.15) is 5.10 Å². The molecule has 5 heteroatoms. The number of aliphatic hydroxyl groups is 1. The third kappa shape index (κ3) is 2.62. The molecule has 0 amide bonds. The second kappa shape index (κ2) is 6.39. The molecule has 0 aromatic carbocycles. The minimum Gasteiger partial charge on any atom is -0.493 e. The van der Waals surface area contributed by atoms with Gasteiger partial charge in [-0.25, -0.2) is 0 Å². The zero-order valence-corrected chi connectivity index (χ0v) is 13.0. The zero-order valence-electron chi connectivity index (χ0n) is 13.0. The van der Waals surface area contributed by atoms with E-state index in [9.17, 15) is 5.11 Å². The number of likely N-dealkylation sites (N-methyl/N-ethyl adjacent to an activating group) is 1. The molecule has 0 fully saturated rings. The highest BCUT2D eigenvalue weighted by atomic mass is 16.5. The van der Waals surface area contributed by atoms with Crippen LogP contribution in [-0.4, -0.2) is 46.5 Å². The minimum atomic E-state index is -0.630. The van der Waals surface area contributed by atoms with Crippen molar-refractivity contribution in [1.82, 2.24) is 14.7 Å². The molecule has 1 heterocycles. The molecule has 0 spiro atoms. The summed E-state index contributed by atoms with van der Waals surface area (Å²) in [5.41, 5.74) is 0.461. The van der Waals surface area contributed by atoms with Crippen molar-refractivity contribution in [3.63, 3.8) is 0 Å². The lowest BCUT2D eigenvalue weighted by Crippen LogP contribution is -2.49. The summed E-state index contributed by atoms with van der Waals surface area (Å²) in [7, 11) is 5.63. The molecule has 0 bridgehead atoms. The first-order chi connectivity index (χ1) is 8.98. The van der Waals surface area contributed by atoms with Crippen molar-refractivity contribution in [3.05, 3.63) is 11.9 Å². The van der Waals surface area contributed by atoms with E-state index in [1.54, 1.807) is 13.3 Å². The Morgan fingerprint density at radius 2 is 1.95 bits per heavy atom. The van der Waals surface area contributed by atoms with Gasteiger partial charge in [-0.05, 0) is 33.9 Å². The van der Waals surface area contributed by atoms with E-state index in [1.165, 1.54) is 0 Å². The zero-order chi connectivity index (χ0) is 14.6. The van der Waals surface area contributed by atoms with Gasteiger partial charge in [0.1, 0.15) is 11.8 Å². The first-order valence-corrected chi connectivity index (χ1v) is 6.93. The molecule has 5 nitrogen and oxygen atoms in total. The Morgan fingerprint density at radius 3 is 2.32 bits per heavy atom. The summed E-state index contributed by atoms with van der Waals surface area (Å²) in [6, 6.07) is 0. The van der Waals surface area contributed by atoms with E-state index in [0.29, 0.717) is 12.3 Å². The molecule has 1 unspecified atom stereocenters. The average Bonchev–Trinajstić information content (AvgIpc) is 2.82. The average molecular weight is 269 g/mol. The Labute approximate surface area is 116 Å². The number of rotatable bonds is 7. The number of hydrogen-bond donors (Lipinski definition) is 1. The van der Waals surface area contributed by atoms with E-state index in [4.69, 9.17) is 4.74 Å². The molecular formula is C14H27N3O2. The summed E-state index contributed by atoms with van der Waals surface area (Å²) in [5.74, 6) is 0.655. The Kier molecular flexibility index (Phi) is 5.38. The summed E-state index contributed by atoms with van der Waals surface area (Å²) < 4.78 is 7.16. The van der Waals surface area contributed by atoms with Crippen LogP contribution >= 0.6 is 0 Å². The highest BCUT2D eigenvalue weighted by Gasteiger charge is 2.40. The van der Waals surface area contributed by atoms with Gasteiger partial charge in [0, 0.05) is 6.54 Å². The molecule has 1 atom stereocenters. The third-order valence-electron chi connectivity index (χ3n) is 4.25. The summed E-state index contributed by atoms with van der Waals surface area (Å²) in [6.45, 7) is 6.93. The number of aliphatic hydroxyl groups excluding tert-OH is 1. The molecule has 1 N–H and O–H groups in total. The van der Waals surface area contributed by atoms with E-state index in [0.717, 1.165) is 18.5 Å². The van der Waals surface area contributed by atoms with E-state index < -0.39 is 6.10 Å². The van der Waals surface area contributed by atoms with Crippen molar-refractivity contribution in [1.29, 1.82) is 0 Å². The van der Waals surface area contributed by atoms with Crippen LogP contribution in [0.2, 0.25) is 0 Å². The second-order valence-electron chi connectivity index (χ2n) is 5.02. The number of aryl methyl sites for hydroxylation is 1. The molecule has 0 aliphatic rings. The smallest absolute Gasteiger partial charge is 0.162 e. The van der Waals surface area contributed by atoms with Crippen LogP contribution in [0.4, 0.5) is 0 Å². The predicted octanol–water partition coefficient (Wildman–Crippen LogP) is 2.07. The van der Waals surface area contributed by atoms with Crippen molar-refractivity contribution in [2.24, 2.45) is 0 Å². The summed E-state index contributed by atoms with van der Waals surface area (Å²) >= 11 is 0. The SMILES string of the molecule is CCn1ncc(OC)c1C(O)C(CC)(CC)N(C)C. The molecular weight excluding hydrogens is 242 g/mol. The van der Waals surface area contributed by atoms with E-state index in [-0.39, 0.29) is 5.54 Å². The van der Waals surface area contributed by atoms with Gasteiger partial charge in [-0.3, -0.25) is 4.68 Å². The normalized spacial score (nSPS) is 13.9. The fourth-order valence-corrected chi connectivity index (χ4v) is 2.83. The first-order valence-electron chi connectivity index (χ1n) is 6.93. The van der Waals surface area contributed by atoms with Gasteiger partial charge in [0.15, 0.2) is 5.75 Å². The number of methoxy groups -OCH3 is 1. The van der Waals surface area contributed by atoms with Gasteiger partial charge in [0.25, 0.3) is 0 Å². The Morgan fingerprint density at radius 1 is 1.37 bits per heavy atom. The van der Waals surface area contributed by atoms with Crippen LogP contribution in [-0.2, 0) is 6.54 Å². The Balaban J connectivity index is 3.30. The number of aromatic nitrogens is 2. The maximum absolute atomic E-state index is 10.9. The van der Waals surface area contributed by atoms with Crippen LogP contribution in [0, 0.1) is 0 Å². The largest absolute Gasteiger partial charge is 0.493 e. The molecule has 1 rings (SSSR count). The van der Waals surface area contributed by atoms with Crippen molar-refractivity contribution in [2.45, 2.75) is 51.8 Å². The molecule has 0 aliphatic heterocycles. The van der Waals surface area contributed by atoms with Crippen molar-refractivity contribution in [2.75, 3.05) is 21.2 Å². The standard InChI is InChI=1S/C14H27N3O2/c1-7-14(8-2,16(4)5)13(18)12-11(19-6)10-15-17(12)9-3/h10,13,18H,7-9H2,1-6H3. The summed E-state index contributed by atoms with van der Waals surface area (Å²) in [6.07, 6.45) is 2.76. The lowest BCUT2D eigenvalue weighted by Gasteiger charge is -2.42. The molecule has 1 aromatic heterocycles. The van der Waals surface area contributed by atoms with Gasteiger partial charge in [-0.15, -0.1) is 0 Å². The molecule has 0 saturated heterocycles. The second-order valence-corrected chi connectivity index (χ2v) is 5.02. The number of ether oxygens (including phenoxy) is 1. The fraction of sp³-hybridized carbons (Fsp3) is 0.786. The summed E-state index contributed by atoms with van der Waals surface area (Å²) in [5, 5.41) is 15.2. The topological polar surface area (TPSA) is 50.5 Å². The van der Waals surface area contributed by atoms with Crippen LogP contribution in [0.5, 0.6) is 5.75 Å². The van der Waals surface area contributed by atoms with Crippen molar-refractivity contribution < 1.29 is 9.84 Å². The fourth-order valence-electron chi connectivity index (χ4n) is 2.83. The van der Waals surface area contributed by atoms with Crippen molar-refractivity contribution in [3.8, 4) is 5.75 Å². The van der Waals surface area contributed by atoms with Gasteiger partial charge >= 0.3 is 0 Å². The van der Waals surface area contributed by atoms with E-state index in [1.807, 2.05) is 25.7 Å². The molecule has 0 saturated carbocycles. The molecule has 19 heavy (non-hydrogen) atoms. The van der Waals surface area contributed by atoms with Crippen LogP contribution in [0.15, 0.2) is 6.20 Å². The van der Waals surface area contributed by atoms with Gasteiger partial charge in [0.05, 0.1) is 18.8 Å². The van der Waals surface area contributed by atoms with Gasteiger partial charge in [-0.1, -0.05) is 13.8 Å². The molecule has 110 valence electrons. The lowest BCUT2D eigenvalue weighted by atomic mass is 9.83. The Hall–Kier alpha value is -1.07. The van der Waals surface area contributed by atoms with Crippen LogP contribution in [0.1, 0.15) is 45.4 Å². The minimum absolute atomic E-state index is 0.305. The first kappa shape index (κ1) is 16.0. The van der Waals surface area contributed by atoms with Crippen molar-refractivity contribution >= 4 is 0 Å². The molecule has 0 aliphatic carbocycles. The summed E-state index contributed by atoms with van der Waals surface area (Å²) in [4.78, 5) is 2.10. The lowest BCUT2D eigenvalue weighted by molar-refractivity contribution is -0.0209. The maximum atomic E-state index is 10.9. The number of nitrogens with zero attached hydrogens (tertiary/aromatic N) is 3. The van der Waals surface area contributed by atoms with Gasteiger partial charge in [0.2, 0.25) is 0 Å². The van der Waals surface area contributed by atoms with Gasteiger partial charge < -0.3 is 14.7 Å². The molecule has 0 radical (unpaired) electrons. The maximum Gasteiger partial charge on any atom is 0.162 e. The Bertz CT molecular complexity index is 376. The highest BCUT2D eigenvalue weighted by Crippen LogP contribution is 2.39. The molecule has 1 aromatic rings. The number of hydrogen-bond acceptors (Lipinski definition) is 4. The van der Waals surface area contributed by atoms with E-state index in [2.05, 4.69) is 23.8 Å². The monoisotopic (exact) mass is 269 g/mol. The van der Waals surface area contributed by atoms with Crippen LogP contribution < -0.4 is 4.74 Å². The highest BCUT2D eigenvalue weighted by molar-refractivity contribution is 5.30. The van der Waals surface area contributed by atoms with E-state index >= 15 is 0 Å². The van der Waals surface area contributed by atoms with Crippen LogP contribution in [0.3, 0.4) is 0 Å². The van der Waals surface area contributed by atoms with Crippen LogP contribution in [0.25, 0.3) is 0 Å². The quantitative estimate of drug-likeness (QED) is 0.823. The predicted molar refractivity (Wildman–Crippen MR) is 76.4 cm³/mol. The third-order valence-corrected chi connectivity index (χ3v) is 4.25.